The highest BCUT2D eigenvalue weighted by Crippen LogP contribution is 2.02. The highest BCUT2D eigenvalue weighted by Gasteiger charge is 1.98. The third kappa shape index (κ3) is 7.16. The van der Waals surface area contributed by atoms with Gasteiger partial charge in [-0.3, -0.25) is 0 Å². The summed E-state index contributed by atoms with van der Waals surface area (Å²) in [6, 6.07) is 0. The molecule has 0 rings (SSSR count). The summed E-state index contributed by atoms with van der Waals surface area (Å²) in [5.41, 5.74) is 0. The van der Waals surface area contributed by atoms with Crippen LogP contribution in [0.3, 0.4) is 0 Å². The van der Waals surface area contributed by atoms with Gasteiger partial charge in [0.1, 0.15) is 6.61 Å². The van der Waals surface area contributed by atoms with E-state index >= 15 is 0 Å². The van der Waals surface area contributed by atoms with Crippen LogP contribution < -0.4 is 0 Å². The molecule has 0 bridgehead atoms. The van der Waals surface area contributed by atoms with Gasteiger partial charge in [-0.2, -0.15) is 0 Å². The fourth-order valence-corrected chi connectivity index (χ4v) is 0.653. The van der Waals surface area contributed by atoms with Crippen molar-refractivity contribution < 1.29 is 14.3 Å². The molecule has 0 aliphatic carbocycles. The molecule has 0 aliphatic rings. The van der Waals surface area contributed by atoms with Crippen molar-refractivity contribution in [3.8, 4) is 0 Å². The molecule has 0 fully saturated rings. The van der Waals surface area contributed by atoms with E-state index in [9.17, 15) is 4.79 Å². The molecule has 0 amide bonds. The number of carbonyl (C=O) groups is 1. The zero-order valence-corrected chi connectivity index (χ0v) is 7.13. The minimum Gasteiger partial charge on any atom is -0.438 e. The molecule has 0 saturated carbocycles. The fraction of sp³-hybridized carbons (Fsp3) is 0.750. The molecule has 65 valence electrons. The fourth-order valence-electron chi connectivity index (χ4n) is 0.653. The molecule has 0 saturated heterocycles. The van der Waals surface area contributed by atoms with Gasteiger partial charge in [0.15, 0.2) is 0 Å². The van der Waals surface area contributed by atoms with Crippen LogP contribution in [0.4, 0.5) is 4.79 Å². The van der Waals surface area contributed by atoms with Crippen LogP contribution in [0.1, 0.15) is 32.6 Å². The molecule has 0 N–H and O–H groups in total. The Morgan fingerprint density at radius 2 is 2.18 bits per heavy atom. The first kappa shape index (κ1) is 10.3. The van der Waals surface area contributed by atoms with Gasteiger partial charge in [0, 0.05) is 0 Å². The van der Waals surface area contributed by atoms with Crippen LogP contribution in [0.5, 0.6) is 0 Å². The van der Waals surface area contributed by atoms with Crippen LogP contribution in [-0.2, 0) is 9.47 Å². The number of carbonyl (C=O) groups excluding carboxylic acids is 1. The summed E-state index contributed by atoms with van der Waals surface area (Å²) in [5, 5.41) is 0. The van der Waals surface area contributed by atoms with E-state index < -0.39 is 6.16 Å². The average Bonchev–Trinajstić information content (AvgIpc) is 2.04. The van der Waals surface area contributed by atoms with Crippen molar-refractivity contribution in [1.29, 1.82) is 0 Å². The Hall–Kier alpha value is -0.730. The normalized spacial score (nSPS) is 9.27. The predicted molar refractivity (Wildman–Crippen MR) is 41.9 cm³/mol. The zero-order valence-electron chi connectivity index (χ0n) is 7.13. The summed E-state index contributed by atoms with van der Waals surface area (Å²) in [7, 11) is 1.29. The Balaban J connectivity index is 2.95. The van der Waals surface area contributed by atoms with Crippen molar-refractivity contribution in [2.45, 2.75) is 32.6 Å². The lowest BCUT2D eigenvalue weighted by Crippen LogP contribution is -2.01. The monoisotopic (exact) mass is 159 g/mol. The number of methoxy groups -OCH3 is 1. The lowest BCUT2D eigenvalue weighted by molar-refractivity contribution is 0.0913. The van der Waals surface area contributed by atoms with Gasteiger partial charge in [-0.25, -0.2) is 4.79 Å². The largest absolute Gasteiger partial charge is 0.508 e. The maximum Gasteiger partial charge on any atom is 0.508 e. The molecular weight excluding hydrogens is 144 g/mol. The van der Waals surface area contributed by atoms with Crippen LogP contribution in [0, 0.1) is 6.61 Å². The number of hydrogen-bond acceptors (Lipinski definition) is 3. The van der Waals surface area contributed by atoms with Crippen LogP contribution in [0.15, 0.2) is 0 Å². The average molecular weight is 159 g/mol. The Morgan fingerprint density at radius 1 is 1.45 bits per heavy atom. The third-order valence-corrected chi connectivity index (χ3v) is 1.27. The second-order valence-electron chi connectivity index (χ2n) is 2.23. The van der Waals surface area contributed by atoms with Gasteiger partial charge in [0.2, 0.25) is 0 Å². The zero-order chi connectivity index (χ0) is 8.53. The molecule has 11 heavy (non-hydrogen) atoms. The second kappa shape index (κ2) is 7.38. The van der Waals surface area contributed by atoms with Gasteiger partial charge in [0.25, 0.3) is 0 Å². The van der Waals surface area contributed by atoms with E-state index in [2.05, 4.69) is 16.4 Å². The molecule has 0 aromatic carbocycles. The number of hydrogen-bond donors (Lipinski definition) is 0. The van der Waals surface area contributed by atoms with E-state index in [1.807, 2.05) is 0 Å². The lowest BCUT2D eigenvalue weighted by atomic mass is 10.2. The SMILES string of the molecule is CCCCC[CH]OC(=O)OC. The first-order valence-corrected chi connectivity index (χ1v) is 3.87. The van der Waals surface area contributed by atoms with E-state index in [4.69, 9.17) is 0 Å². The Kier molecular flexibility index (Phi) is 6.89. The summed E-state index contributed by atoms with van der Waals surface area (Å²) in [6.07, 6.45) is 3.57. The van der Waals surface area contributed by atoms with Crippen molar-refractivity contribution in [3.05, 3.63) is 6.61 Å². The first-order valence-electron chi connectivity index (χ1n) is 3.87. The minimum atomic E-state index is -0.638. The van der Waals surface area contributed by atoms with Crippen molar-refractivity contribution >= 4 is 6.16 Å². The molecule has 0 aromatic rings. The van der Waals surface area contributed by atoms with Crippen molar-refractivity contribution in [2.75, 3.05) is 7.11 Å². The van der Waals surface area contributed by atoms with E-state index in [-0.39, 0.29) is 0 Å². The molecule has 1 radical (unpaired) electrons. The van der Waals surface area contributed by atoms with Gasteiger partial charge in [-0.1, -0.05) is 19.8 Å². The second-order valence-corrected chi connectivity index (χ2v) is 2.23. The number of unbranched alkanes of at least 4 members (excludes halogenated alkanes) is 3. The Morgan fingerprint density at radius 3 is 2.73 bits per heavy atom. The predicted octanol–water partition coefficient (Wildman–Crippen LogP) is 2.51. The smallest absolute Gasteiger partial charge is 0.438 e. The van der Waals surface area contributed by atoms with Crippen LogP contribution >= 0.6 is 0 Å². The van der Waals surface area contributed by atoms with Crippen molar-refractivity contribution in [2.24, 2.45) is 0 Å². The molecular formula is C8H15O3. The standard InChI is InChI=1S/C8H15O3/c1-3-4-5-6-7-11-8(9)10-2/h7H,3-6H2,1-2H3. The van der Waals surface area contributed by atoms with E-state index in [1.165, 1.54) is 26.6 Å². The molecule has 0 aromatic heterocycles. The molecule has 0 aliphatic heterocycles. The van der Waals surface area contributed by atoms with Crippen LogP contribution in [-0.4, -0.2) is 13.3 Å². The van der Waals surface area contributed by atoms with Crippen LogP contribution in [0.25, 0.3) is 0 Å². The summed E-state index contributed by atoms with van der Waals surface area (Å²) in [4.78, 5) is 10.4. The maximum atomic E-state index is 10.4. The molecule has 0 unspecified atom stereocenters. The third-order valence-electron chi connectivity index (χ3n) is 1.27. The first-order chi connectivity index (χ1) is 5.31. The minimum absolute atomic E-state index is 0.638. The van der Waals surface area contributed by atoms with E-state index in [1.54, 1.807) is 0 Å². The van der Waals surface area contributed by atoms with E-state index in [0.29, 0.717) is 0 Å². The van der Waals surface area contributed by atoms with Gasteiger partial charge < -0.3 is 9.47 Å². The van der Waals surface area contributed by atoms with Gasteiger partial charge in [-0.05, 0) is 12.8 Å². The van der Waals surface area contributed by atoms with Gasteiger partial charge in [0.05, 0.1) is 7.11 Å². The number of rotatable bonds is 5. The summed E-state index contributed by atoms with van der Waals surface area (Å²) in [6.45, 7) is 3.61. The van der Waals surface area contributed by atoms with Crippen LogP contribution in [0.2, 0.25) is 0 Å². The van der Waals surface area contributed by atoms with Gasteiger partial charge in [-0.15, -0.1) is 0 Å². The Bertz CT molecular complexity index is 102. The van der Waals surface area contributed by atoms with Gasteiger partial charge >= 0.3 is 6.16 Å². The summed E-state index contributed by atoms with van der Waals surface area (Å²) < 4.78 is 8.82. The molecule has 3 nitrogen and oxygen atoms in total. The maximum absolute atomic E-state index is 10.4. The topological polar surface area (TPSA) is 35.5 Å². The summed E-state index contributed by atoms with van der Waals surface area (Å²) >= 11 is 0. The lowest BCUT2D eigenvalue weighted by Gasteiger charge is -2.00. The number of ether oxygens (including phenoxy) is 2. The molecule has 3 heteroatoms. The van der Waals surface area contributed by atoms with E-state index in [0.717, 1.165) is 12.8 Å². The summed E-state index contributed by atoms with van der Waals surface area (Å²) in [5.74, 6) is 0. The molecule has 0 atom stereocenters. The highest BCUT2D eigenvalue weighted by atomic mass is 16.7. The molecule has 0 heterocycles. The van der Waals surface area contributed by atoms with Crippen molar-refractivity contribution in [1.82, 2.24) is 0 Å². The Labute approximate surface area is 67.7 Å². The van der Waals surface area contributed by atoms with Crippen molar-refractivity contribution in [3.63, 3.8) is 0 Å². The quantitative estimate of drug-likeness (QED) is 0.456. The molecule has 0 spiro atoms. The highest BCUT2D eigenvalue weighted by molar-refractivity contribution is 5.59.